The molecule has 0 saturated heterocycles. The average Bonchev–Trinajstić information content (AvgIpc) is 2.77. The number of carbonyl (C=O) groups excluding carboxylic acids is 1. The molecular weight excluding hydrogens is 424 g/mol. The fourth-order valence-corrected chi connectivity index (χ4v) is 4.13. The summed E-state index contributed by atoms with van der Waals surface area (Å²) in [6, 6.07) is 18.2. The van der Waals surface area contributed by atoms with E-state index < -0.39 is 11.1 Å². The summed E-state index contributed by atoms with van der Waals surface area (Å²) >= 11 is 6.22. The highest BCUT2D eigenvalue weighted by Crippen LogP contribution is 2.20. The zero-order valence-electron chi connectivity index (χ0n) is 18.2. The van der Waals surface area contributed by atoms with Crippen LogP contribution in [0, 0.1) is 20.8 Å². The molecule has 0 aliphatic rings. The van der Waals surface area contributed by atoms with Crippen LogP contribution < -0.4 is 11.1 Å². The number of benzene rings is 3. The van der Waals surface area contributed by atoms with Gasteiger partial charge in [0, 0.05) is 10.6 Å². The normalized spacial score (nSPS) is 11.1. The lowest BCUT2D eigenvalue weighted by Gasteiger charge is -2.16. The molecule has 0 spiro atoms. The van der Waals surface area contributed by atoms with Gasteiger partial charge in [0.25, 0.3) is 0 Å². The van der Waals surface area contributed by atoms with Crippen molar-refractivity contribution in [2.24, 2.45) is 0 Å². The molecule has 0 bridgehead atoms. The highest BCUT2D eigenvalue weighted by Gasteiger charge is 2.18. The molecule has 0 atom stereocenters. The minimum atomic E-state index is -0.745. The Labute approximate surface area is 190 Å². The number of aromatic nitrogens is 2. The van der Waals surface area contributed by atoms with Crippen molar-refractivity contribution in [3.8, 4) is 0 Å². The largest absolute Gasteiger partial charge is 0.317 e. The fraction of sp³-hybridized carbons (Fsp3) is 0.192. The molecule has 6 heteroatoms. The van der Waals surface area contributed by atoms with Gasteiger partial charge in [-0.3, -0.25) is 23.5 Å². The highest BCUT2D eigenvalue weighted by molar-refractivity contribution is 6.31. The predicted octanol–water partition coefficient (Wildman–Crippen LogP) is 4.67. The van der Waals surface area contributed by atoms with Gasteiger partial charge in [0.15, 0.2) is 5.78 Å². The smallest absolute Gasteiger partial charge is 0.298 e. The molecule has 4 aromatic rings. The Morgan fingerprint density at radius 2 is 1.44 bits per heavy atom. The maximum atomic E-state index is 13.2. The molecule has 0 unspecified atom stereocenters. The van der Waals surface area contributed by atoms with Crippen LogP contribution in [-0.4, -0.2) is 14.9 Å². The van der Waals surface area contributed by atoms with Gasteiger partial charge in [-0.2, -0.15) is 0 Å². The number of halogens is 1. The maximum Gasteiger partial charge on any atom is 0.317 e. The van der Waals surface area contributed by atoms with E-state index >= 15 is 0 Å². The van der Waals surface area contributed by atoms with E-state index in [0.29, 0.717) is 21.6 Å². The second-order valence-corrected chi connectivity index (χ2v) is 8.51. The highest BCUT2D eigenvalue weighted by atomic mass is 35.5. The van der Waals surface area contributed by atoms with Crippen molar-refractivity contribution in [1.82, 2.24) is 9.13 Å². The van der Waals surface area contributed by atoms with Crippen molar-refractivity contribution >= 4 is 28.4 Å². The molecule has 0 aliphatic heterocycles. The van der Waals surface area contributed by atoms with Gasteiger partial charge in [-0.1, -0.05) is 48.0 Å². The molecule has 1 heterocycles. The van der Waals surface area contributed by atoms with Gasteiger partial charge >= 0.3 is 11.1 Å². The lowest BCUT2D eigenvalue weighted by atomic mass is 9.98. The minimum absolute atomic E-state index is 0.228. The summed E-state index contributed by atoms with van der Waals surface area (Å²) in [6.45, 7) is 5.81. The molecule has 0 saturated carbocycles. The average molecular weight is 447 g/mol. The van der Waals surface area contributed by atoms with Gasteiger partial charge < -0.3 is 0 Å². The second-order valence-electron chi connectivity index (χ2n) is 8.08. The molecule has 0 fully saturated rings. The standard InChI is InChI=1S/C26H23ClN2O3/c1-16-11-18(3)21(12-17(16)2)24(30)15-29-23-13-20(27)9-10-22(23)28(25(31)26(29)32)14-19-7-5-4-6-8-19/h4-13H,14-15H2,1-3H3. The number of aryl methyl sites for hydroxylation is 3. The molecule has 32 heavy (non-hydrogen) atoms. The summed E-state index contributed by atoms with van der Waals surface area (Å²) in [6.07, 6.45) is 0. The summed E-state index contributed by atoms with van der Waals surface area (Å²) in [5, 5.41) is 0.422. The number of rotatable bonds is 5. The molecule has 162 valence electrons. The lowest BCUT2D eigenvalue weighted by Crippen LogP contribution is -2.42. The van der Waals surface area contributed by atoms with E-state index in [9.17, 15) is 14.4 Å². The van der Waals surface area contributed by atoms with Crippen LogP contribution in [-0.2, 0) is 13.1 Å². The summed E-state index contributed by atoms with van der Waals surface area (Å²) in [5.41, 5.74) is 3.95. The van der Waals surface area contributed by atoms with Crippen LogP contribution in [0.4, 0.5) is 0 Å². The van der Waals surface area contributed by atoms with Gasteiger partial charge in [0.1, 0.15) is 0 Å². The third-order valence-electron chi connectivity index (χ3n) is 5.82. The van der Waals surface area contributed by atoms with Gasteiger partial charge in [0.05, 0.1) is 24.1 Å². The molecule has 0 radical (unpaired) electrons. The van der Waals surface area contributed by atoms with Crippen LogP contribution >= 0.6 is 11.6 Å². The topological polar surface area (TPSA) is 61.1 Å². The van der Waals surface area contributed by atoms with E-state index in [0.717, 1.165) is 22.3 Å². The van der Waals surface area contributed by atoms with Gasteiger partial charge in [0.2, 0.25) is 0 Å². The molecular formula is C26H23ClN2O3. The van der Waals surface area contributed by atoms with Crippen molar-refractivity contribution in [3.63, 3.8) is 0 Å². The van der Waals surface area contributed by atoms with Crippen LogP contribution in [0.2, 0.25) is 5.02 Å². The lowest BCUT2D eigenvalue weighted by molar-refractivity contribution is 0.0971. The van der Waals surface area contributed by atoms with Gasteiger partial charge in [-0.25, -0.2) is 0 Å². The Bertz CT molecular complexity index is 1470. The van der Waals surface area contributed by atoms with E-state index in [2.05, 4.69) is 0 Å². The first-order valence-corrected chi connectivity index (χ1v) is 10.7. The second kappa shape index (κ2) is 8.60. The Kier molecular flexibility index (Phi) is 5.85. The number of Topliss-reactive ketones (excluding diaryl/α,β-unsaturated/α-hetero) is 1. The number of ketones is 1. The first kappa shape index (κ1) is 21.8. The van der Waals surface area contributed by atoms with E-state index in [1.165, 1.54) is 9.13 Å². The Balaban J connectivity index is 1.87. The number of fused-ring (bicyclic) bond motifs is 1. The quantitative estimate of drug-likeness (QED) is 0.330. The zero-order chi connectivity index (χ0) is 23.0. The zero-order valence-corrected chi connectivity index (χ0v) is 18.9. The van der Waals surface area contributed by atoms with Crippen LogP contribution in [0.25, 0.3) is 11.0 Å². The van der Waals surface area contributed by atoms with Crippen molar-refractivity contribution in [2.75, 3.05) is 0 Å². The molecule has 0 aliphatic carbocycles. The minimum Gasteiger partial charge on any atom is -0.298 e. The van der Waals surface area contributed by atoms with Crippen molar-refractivity contribution < 1.29 is 4.79 Å². The SMILES string of the molecule is Cc1cc(C)c(C(=O)Cn2c(=O)c(=O)n(Cc3ccccc3)c3ccc(Cl)cc32)cc1C. The van der Waals surface area contributed by atoms with E-state index in [4.69, 9.17) is 11.6 Å². The van der Waals surface area contributed by atoms with Gasteiger partial charge in [-0.15, -0.1) is 0 Å². The van der Waals surface area contributed by atoms with Crippen LogP contribution in [0.1, 0.15) is 32.6 Å². The number of hydrogen-bond acceptors (Lipinski definition) is 3. The van der Waals surface area contributed by atoms with Crippen molar-refractivity contribution in [2.45, 2.75) is 33.9 Å². The van der Waals surface area contributed by atoms with Gasteiger partial charge in [-0.05, 0) is 67.3 Å². The van der Waals surface area contributed by atoms with E-state index in [-0.39, 0.29) is 18.9 Å². The first-order valence-electron chi connectivity index (χ1n) is 10.3. The summed E-state index contributed by atoms with van der Waals surface area (Å²) < 4.78 is 2.67. The maximum absolute atomic E-state index is 13.2. The third-order valence-corrected chi connectivity index (χ3v) is 6.05. The summed E-state index contributed by atoms with van der Waals surface area (Å²) in [4.78, 5) is 39.3. The van der Waals surface area contributed by atoms with E-state index in [1.54, 1.807) is 18.2 Å². The number of nitrogens with zero attached hydrogens (tertiary/aromatic N) is 2. The number of hydrogen-bond donors (Lipinski definition) is 0. The Morgan fingerprint density at radius 3 is 2.16 bits per heavy atom. The molecule has 0 amide bonds. The Morgan fingerprint density at radius 1 is 0.781 bits per heavy atom. The number of carbonyl (C=O) groups is 1. The summed E-state index contributed by atoms with van der Waals surface area (Å²) in [5.74, 6) is -0.228. The molecule has 0 N–H and O–H groups in total. The van der Waals surface area contributed by atoms with Crippen molar-refractivity contribution in [3.05, 3.63) is 114 Å². The molecule has 3 aromatic carbocycles. The first-order chi connectivity index (χ1) is 15.3. The van der Waals surface area contributed by atoms with E-state index in [1.807, 2.05) is 63.2 Å². The van der Waals surface area contributed by atoms with Crippen LogP contribution in [0.3, 0.4) is 0 Å². The van der Waals surface area contributed by atoms with Crippen LogP contribution in [0.5, 0.6) is 0 Å². The third kappa shape index (κ3) is 4.04. The molecule has 1 aromatic heterocycles. The monoisotopic (exact) mass is 446 g/mol. The fourth-order valence-electron chi connectivity index (χ4n) is 3.96. The molecule has 5 nitrogen and oxygen atoms in total. The predicted molar refractivity (Wildman–Crippen MR) is 128 cm³/mol. The molecule has 4 rings (SSSR count). The summed E-state index contributed by atoms with van der Waals surface area (Å²) in [7, 11) is 0. The van der Waals surface area contributed by atoms with Crippen molar-refractivity contribution in [1.29, 1.82) is 0 Å². The Hall–Kier alpha value is -3.44. The van der Waals surface area contributed by atoms with Crippen LogP contribution in [0.15, 0.2) is 70.3 Å².